The van der Waals surface area contributed by atoms with E-state index in [9.17, 15) is 18.0 Å². The smallest absolute Gasteiger partial charge is 0.323 e. The van der Waals surface area contributed by atoms with Crippen LogP contribution >= 0.6 is 0 Å². The van der Waals surface area contributed by atoms with Crippen molar-refractivity contribution in [1.29, 1.82) is 0 Å². The van der Waals surface area contributed by atoms with Gasteiger partial charge >= 0.3 is 5.97 Å². The van der Waals surface area contributed by atoms with Gasteiger partial charge in [-0.25, -0.2) is 8.42 Å². The number of hydrogen-bond acceptors (Lipinski definition) is 5. The number of nitrogens with one attached hydrogen (secondary N) is 2. The van der Waals surface area contributed by atoms with Crippen molar-refractivity contribution in [3.63, 3.8) is 0 Å². The first-order chi connectivity index (χ1) is 11.9. The molecule has 0 spiro atoms. The number of aromatic nitrogens is 2. The molecule has 1 amide bonds. The fraction of sp³-hybridized carbons (Fsp3) is 0.438. The summed E-state index contributed by atoms with van der Waals surface area (Å²) in [6.07, 6.45) is 0.851. The zero-order valence-electron chi connectivity index (χ0n) is 15.3. The van der Waals surface area contributed by atoms with E-state index in [0.717, 1.165) is 11.9 Å². The Hall–Kier alpha value is -2.46. The molecule has 0 aliphatic heterocycles. The highest BCUT2D eigenvalue weighted by molar-refractivity contribution is 7.88. The highest BCUT2D eigenvalue weighted by Crippen LogP contribution is 2.15. The van der Waals surface area contributed by atoms with E-state index >= 15 is 0 Å². The SMILES string of the molecule is CC(=O)NC(C)C(NS(C)(=O)=O)C(=O)O.Cc1nn(C)c2ccccc12. The Morgan fingerprint density at radius 3 is 2.31 bits per heavy atom. The molecule has 2 atom stereocenters. The van der Waals surface area contributed by atoms with Crippen molar-refractivity contribution in [1.82, 2.24) is 19.8 Å². The summed E-state index contributed by atoms with van der Waals surface area (Å²) in [4.78, 5) is 21.4. The van der Waals surface area contributed by atoms with Crippen LogP contribution in [0.4, 0.5) is 0 Å². The van der Waals surface area contributed by atoms with Crippen LogP contribution in [0, 0.1) is 6.92 Å². The molecule has 1 heterocycles. The number of aliphatic carboxylic acids is 1. The number of sulfonamides is 1. The molecule has 1 aromatic carbocycles. The van der Waals surface area contributed by atoms with Gasteiger partial charge in [-0.05, 0) is 19.9 Å². The van der Waals surface area contributed by atoms with Crippen LogP contribution < -0.4 is 10.0 Å². The second-order valence-corrected chi connectivity index (χ2v) is 7.70. The summed E-state index contributed by atoms with van der Waals surface area (Å²) in [5.74, 6) is -1.77. The molecule has 144 valence electrons. The number of carbonyl (C=O) groups is 2. The minimum absolute atomic E-state index is 0.427. The molecule has 0 bridgehead atoms. The zero-order chi connectivity index (χ0) is 20.1. The third-order valence-electron chi connectivity index (χ3n) is 3.48. The highest BCUT2D eigenvalue weighted by Gasteiger charge is 2.28. The first-order valence-corrected chi connectivity index (χ1v) is 9.67. The monoisotopic (exact) mass is 384 g/mol. The molecular weight excluding hydrogens is 360 g/mol. The lowest BCUT2D eigenvalue weighted by Gasteiger charge is -2.20. The predicted molar refractivity (Wildman–Crippen MR) is 98.1 cm³/mol. The summed E-state index contributed by atoms with van der Waals surface area (Å²) >= 11 is 0. The van der Waals surface area contributed by atoms with Gasteiger partial charge in [-0.15, -0.1) is 0 Å². The first kappa shape index (κ1) is 21.6. The topological polar surface area (TPSA) is 130 Å². The van der Waals surface area contributed by atoms with E-state index in [2.05, 4.69) is 22.5 Å². The fourth-order valence-electron chi connectivity index (χ4n) is 2.40. The van der Waals surface area contributed by atoms with Gasteiger partial charge in [0.05, 0.1) is 23.5 Å². The molecule has 0 saturated heterocycles. The van der Waals surface area contributed by atoms with E-state index in [4.69, 9.17) is 5.11 Å². The summed E-state index contributed by atoms with van der Waals surface area (Å²) in [6, 6.07) is 6.05. The molecule has 10 heteroatoms. The lowest BCUT2D eigenvalue weighted by molar-refractivity contribution is -0.139. The maximum Gasteiger partial charge on any atom is 0.323 e. The van der Waals surface area contributed by atoms with E-state index < -0.39 is 34.0 Å². The molecule has 2 unspecified atom stereocenters. The molecule has 1 aromatic heterocycles. The number of rotatable bonds is 5. The van der Waals surface area contributed by atoms with Crippen LogP contribution in [-0.4, -0.2) is 53.5 Å². The Balaban J connectivity index is 0.000000269. The molecule has 0 radical (unpaired) electrons. The first-order valence-electron chi connectivity index (χ1n) is 7.78. The van der Waals surface area contributed by atoms with Crippen LogP contribution in [0.15, 0.2) is 24.3 Å². The number of aryl methyl sites for hydroxylation is 2. The summed E-state index contributed by atoms with van der Waals surface area (Å²) in [7, 11) is -1.66. The number of hydrogen-bond donors (Lipinski definition) is 3. The molecule has 0 saturated carbocycles. The van der Waals surface area contributed by atoms with Crippen LogP contribution in [0.3, 0.4) is 0 Å². The van der Waals surface area contributed by atoms with Crippen molar-refractivity contribution in [3.05, 3.63) is 30.0 Å². The Morgan fingerprint density at radius 2 is 1.85 bits per heavy atom. The average Bonchev–Trinajstić information content (AvgIpc) is 2.79. The normalized spacial score (nSPS) is 13.4. The number of para-hydroxylation sites is 1. The van der Waals surface area contributed by atoms with E-state index in [1.54, 1.807) is 0 Å². The Labute approximate surface area is 152 Å². The van der Waals surface area contributed by atoms with Gasteiger partial charge in [0, 0.05) is 19.4 Å². The zero-order valence-corrected chi connectivity index (χ0v) is 16.2. The summed E-state index contributed by atoms with van der Waals surface area (Å²) in [5, 5.41) is 16.6. The van der Waals surface area contributed by atoms with Gasteiger partial charge < -0.3 is 10.4 Å². The van der Waals surface area contributed by atoms with Crippen molar-refractivity contribution >= 4 is 32.8 Å². The minimum Gasteiger partial charge on any atom is -0.480 e. The quantitative estimate of drug-likeness (QED) is 0.684. The molecule has 0 aliphatic rings. The van der Waals surface area contributed by atoms with Gasteiger partial charge in [0.1, 0.15) is 6.04 Å². The number of carbonyl (C=O) groups excluding carboxylic acids is 1. The molecule has 9 nitrogen and oxygen atoms in total. The summed E-state index contributed by atoms with van der Waals surface area (Å²) in [6.45, 7) is 4.65. The van der Waals surface area contributed by atoms with E-state index in [1.807, 2.05) is 35.5 Å². The van der Waals surface area contributed by atoms with Crippen molar-refractivity contribution in [3.8, 4) is 0 Å². The molecule has 26 heavy (non-hydrogen) atoms. The lowest BCUT2D eigenvalue weighted by atomic mass is 10.1. The fourth-order valence-corrected chi connectivity index (χ4v) is 3.16. The van der Waals surface area contributed by atoms with Crippen molar-refractivity contribution in [2.75, 3.05) is 6.26 Å². The number of carboxylic acids is 1. The van der Waals surface area contributed by atoms with Gasteiger partial charge in [-0.2, -0.15) is 9.82 Å². The number of carboxylic acid groups (broad SMARTS) is 1. The minimum atomic E-state index is -3.63. The lowest BCUT2D eigenvalue weighted by Crippen LogP contribution is -2.53. The molecular formula is C16H24N4O5S. The maximum absolute atomic E-state index is 10.8. The molecule has 2 aromatic rings. The molecule has 3 N–H and O–H groups in total. The van der Waals surface area contributed by atoms with Crippen molar-refractivity contribution < 1.29 is 23.1 Å². The second-order valence-electron chi connectivity index (χ2n) is 5.92. The second kappa shape index (κ2) is 8.77. The average molecular weight is 384 g/mol. The number of benzene rings is 1. The maximum atomic E-state index is 10.8. The van der Waals surface area contributed by atoms with Crippen LogP contribution in [0.1, 0.15) is 19.5 Å². The standard InChI is InChI=1S/C9H10N2.C7H14N2O5S/c1-7-8-5-3-4-6-9(8)11(2)10-7;1-4(8-5(2)10)6(7(11)12)9-15(3,13)14/h3-6H,1-2H3;4,6,9H,1-3H3,(H,8,10)(H,11,12). The van der Waals surface area contributed by atoms with Crippen LogP contribution in [0.25, 0.3) is 10.9 Å². The van der Waals surface area contributed by atoms with Crippen molar-refractivity contribution in [2.24, 2.45) is 7.05 Å². The van der Waals surface area contributed by atoms with E-state index in [0.29, 0.717) is 0 Å². The predicted octanol–water partition coefficient (Wildman–Crippen LogP) is 0.395. The van der Waals surface area contributed by atoms with Crippen LogP contribution in [0.2, 0.25) is 0 Å². The van der Waals surface area contributed by atoms with Gasteiger partial charge in [0.15, 0.2) is 0 Å². The molecule has 2 rings (SSSR count). The van der Waals surface area contributed by atoms with Gasteiger partial charge in [-0.3, -0.25) is 14.3 Å². The number of fused-ring (bicyclic) bond motifs is 1. The number of amides is 1. The Morgan fingerprint density at radius 1 is 1.27 bits per heavy atom. The van der Waals surface area contributed by atoms with Crippen LogP contribution in [-0.2, 0) is 26.7 Å². The van der Waals surface area contributed by atoms with Crippen molar-refractivity contribution in [2.45, 2.75) is 32.9 Å². The van der Waals surface area contributed by atoms with Crippen LogP contribution in [0.5, 0.6) is 0 Å². The summed E-state index contributed by atoms with van der Waals surface area (Å²) in [5.41, 5.74) is 2.30. The highest BCUT2D eigenvalue weighted by atomic mass is 32.2. The van der Waals surface area contributed by atoms with E-state index in [1.165, 1.54) is 24.8 Å². The number of nitrogens with zero attached hydrogens (tertiary/aromatic N) is 2. The Bertz CT molecular complexity index is 855. The molecule has 0 fully saturated rings. The van der Waals surface area contributed by atoms with Gasteiger partial charge in [0.2, 0.25) is 15.9 Å². The third-order valence-corrected chi connectivity index (χ3v) is 4.16. The molecule has 0 aliphatic carbocycles. The van der Waals surface area contributed by atoms with Gasteiger partial charge in [-0.1, -0.05) is 18.2 Å². The van der Waals surface area contributed by atoms with E-state index in [-0.39, 0.29) is 0 Å². The third kappa shape index (κ3) is 6.45. The summed E-state index contributed by atoms with van der Waals surface area (Å²) < 4.78 is 25.5. The largest absolute Gasteiger partial charge is 0.480 e. The Kier molecular flexibility index (Phi) is 7.28. The van der Waals surface area contributed by atoms with Gasteiger partial charge in [0.25, 0.3) is 0 Å².